The van der Waals surface area contributed by atoms with Gasteiger partial charge in [0.15, 0.2) is 0 Å². The summed E-state index contributed by atoms with van der Waals surface area (Å²) in [6.45, 7) is 0.294. The lowest BCUT2D eigenvalue weighted by Crippen LogP contribution is -2.11. The zero-order valence-electron chi connectivity index (χ0n) is 12.1. The summed E-state index contributed by atoms with van der Waals surface area (Å²) in [5, 5.41) is 0.935. The first-order valence-electron chi connectivity index (χ1n) is 6.91. The molecule has 23 heavy (non-hydrogen) atoms. The quantitative estimate of drug-likeness (QED) is 0.571. The van der Waals surface area contributed by atoms with Gasteiger partial charge in [0.05, 0.1) is 24.3 Å². The van der Waals surface area contributed by atoms with E-state index in [0.29, 0.717) is 27.6 Å². The number of rotatable bonds is 6. The van der Waals surface area contributed by atoms with Crippen LogP contribution < -0.4 is 0 Å². The number of hydrogen-bond acceptors (Lipinski definition) is 4. The molecule has 6 heteroatoms. The van der Waals surface area contributed by atoms with Crippen LogP contribution in [-0.2, 0) is 9.47 Å². The van der Waals surface area contributed by atoms with Crippen LogP contribution in [-0.4, -0.2) is 25.2 Å². The second-order valence-electron chi connectivity index (χ2n) is 4.65. The maximum absolute atomic E-state index is 11.7. The maximum atomic E-state index is 11.7. The first-order valence-corrected chi connectivity index (χ1v) is 7.67. The fourth-order valence-electron chi connectivity index (χ4n) is 1.79. The lowest BCUT2D eigenvalue weighted by molar-refractivity contribution is 0.0396. The zero-order valence-corrected chi connectivity index (χ0v) is 13.6. The molecule has 0 aliphatic carbocycles. The number of carbonyl (C=O) groups is 2. The van der Waals surface area contributed by atoms with Crippen LogP contribution >= 0.6 is 23.2 Å². The van der Waals surface area contributed by atoms with Crippen LogP contribution in [0.1, 0.15) is 27.1 Å². The number of benzene rings is 2. The lowest BCUT2D eigenvalue weighted by Gasteiger charge is -2.07. The van der Waals surface area contributed by atoms with Gasteiger partial charge in [0.1, 0.15) is 0 Å². The van der Waals surface area contributed by atoms with Crippen molar-refractivity contribution in [3.8, 4) is 0 Å². The average molecular weight is 353 g/mol. The molecule has 0 spiro atoms. The van der Waals surface area contributed by atoms with Crippen molar-refractivity contribution in [3.63, 3.8) is 0 Å². The van der Waals surface area contributed by atoms with Crippen molar-refractivity contribution in [2.24, 2.45) is 0 Å². The van der Waals surface area contributed by atoms with Gasteiger partial charge in [-0.3, -0.25) is 0 Å². The minimum atomic E-state index is -0.464. The molecule has 0 aliphatic rings. The third kappa shape index (κ3) is 5.58. The largest absolute Gasteiger partial charge is 0.462 e. The monoisotopic (exact) mass is 352 g/mol. The Labute approximate surface area is 143 Å². The average Bonchev–Trinajstić information content (AvgIpc) is 2.54. The summed E-state index contributed by atoms with van der Waals surface area (Å²) in [5.41, 5.74) is 0.766. The Balaban J connectivity index is 1.69. The number of esters is 2. The summed E-state index contributed by atoms with van der Waals surface area (Å²) in [6.07, 6.45) is 0.401. The summed E-state index contributed by atoms with van der Waals surface area (Å²) in [7, 11) is 0. The summed E-state index contributed by atoms with van der Waals surface area (Å²) in [4.78, 5) is 23.5. The molecule has 0 bridgehead atoms. The lowest BCUT2D eigenvalue weighted by atomic mass is 10.2. The normalized spacial score (nSPS) is 10.2. The Morgan fingerprint density at radius 2 is 1.22 bits per heavy atom. The van der Waals surface area contributed by atoms with Crippen LogP contribution in [0.3, 0.4) is 0 Å². The SMILES string of the molecule is O=C(OCCCOC(=O)c1cccc(Cl)c1)c1cccc(Cl)c1. The van der Waals surface area contributed by atoms with Crippen LogP contribution in [0.2, 0.25) is 10.0 Å². The highest BCUT2D eigenvalue weighted by molar-refractivity contribution is 6.31. The molecule has 0 fully saturated rings. The molecule has 0 radical (unpaired) electrons. The summed E-state index contributed by atoms with van der Waals surface area (Å²) < 4.78 is 10.2. The van der Waals surface area contributed by atoms with E-state index in [1.807, 2.05) is 0 Å². The molecule has 0 amide bonds. The Morgan fingerprint density at radius 3 is 1.61 bits per heavy atom. The Kier molecular flexibility index (Phi) is 6.44. The van der Waals surface area contributed by atoms with Gasteiger partial charge in [-0.05, 0) is 36.4 Å². The van der Waals surface area contributed by atoms with Crippen molar-refractivity contribution in [3.05, 3.63) is 69.7 Å². The van der Waals surface area contributed by atoms with Crippen molar-refractivity contribution in [2.75, 3.05) is 13.2 Å². The van der Waals surface area contributed by atoms with Gasteiger partial charge in [-0.1, -0.05) is 35.3 Å². The summed E-state index contributed by atoms with van der Waals surface area (Å²) >= 11 is 11.6. The molecule has 0 N–H and O–H groups in total. The first-order chi connectivity index (χ1) is 11.1. The van der Waals surface area contributed by atoms with Crippen LogP contribution in [0.4, 0.5) is 0 Å². The van der Waals surface area contributed by atoms with Gasteiger partial charge in [0, 0.05) is 16.5 Å². The molecule has 0 unspecified atom stereocenters. The highest BCUT2D eigenvalue weighted by atomic mass is 35.5. The molecule has 2 aromatic rings. The standard InChI is InChI=1S/C17H14Cl2O4/c18-14-6-1-4-12(10-14)16(20)22-8-3-9-23-17(21)13-5-2-7-15(19)11-13/h1-2,4-7,10-11H,3,8-9H2. The summed E-state index contributed by atoms with van der Waals surface area (Å²) in [5.74, 6) is -0.928. The highest BCUT2D eigenvalue weighted by Crippen LogP contribution is 2.13. The molecule has 2 rings (SSSR count). The van der Waals surface area contributed by atoms with E-state index < -0.39 is 11.9 Å². The topological polar surface area (TPSA) is 52.6 Å². The van der Waals surface area contributed by atoms with Crippen molar-refractivity contribution >= 4 is 35.1 Å². The van der Waals surface area contributed by atoms with E-state index in [9.17, 15) is 9.59 Å². The zero-order chi connectivity index (χ0) is 16.7. The van der Waals surface area contributed by atoms with Gasteiger partial charge >= 0.3 is 11.9 Å². The fourth-order valence-corrected chi connectivity index (χ4v) is 2.17. The Hall–Kier alpha value is -2.04. The van der Waals surface area contributed by atoms with Crippen LogP contribution in [0, 0.1) is 0 Å². The Morgan fingerprint density at radius 1 is 0.783 bits per heavy atom. The number of carbonyl (C=O) groups excluding carboxylic acids is 2. The minimum Gasteiger partial charge on any atom is -0.462 e. The molecule has 4 nitrogen and oxygen atoms in total. The van der Waals surface area contributed by atoms with Gasteiger partial charge in [-0.25, -0.2) is 9.59 Å². The van der Waals surface area contributed by atoms with E-state index in [2.05, 4.69) is 0 Å². The van der Waals surface area contributed by atoms with Crippen LogP contribution in [0.15, 0.2) is 48.5 Å². The number of halogens is 2. The molecular weight excluding hydrogens is 339 g/mol. The molecule has 0 saturated heterocycles. The van der Waals surface area contributed by atoms with Crippen molar-refractivity contribution < 1.29 is 19.1 Å². The van der Waals surface area contributed by atoms with Gasteiger partial charge in [0.25, 0.3) is 0 Å². The predicted octanol–water partition coefficient (Wildman–Crippen LogP) is 4.40. The van der Waals surface area contributed by atoms with E-state index in [1.165, 1.54) is 12.1 Å². The maximum Gasteiger partial charge on any atom is 0.338 e. The van der Waals surface area contributed by atoms with E-state index >= 15 is 0 Å². The molecule has 0 aromatic heterocycles. The fraction of sp³-hybridized carbons (Fsp3) is 0.176. The number of ether oxygens (including phenoxy) is 2. The van der Waals surface area contributed by atoms with Crippen molar-refractivity contribution in [2.45, 2.75) is 6.42 Å². The van der Waals surface area contributed by atoms with Gasteiger partial charge in [-0.2, -0.15) is 0 Å². The van der Waals surface area contributed by atoms with Gasteiger partial charge < -0.3 is 9.47 Å². The second-order valence-corrected chi connectivity index (χ2v) is 5.52. The molecule has 120 valence electrons. The minimum absolute atomic E-state index is 0.147. The van der Waals surface area contributed by atoms with E-state index in [0.717, 1.165) is 0 Å². The predicted molar refractivity (Wildman–Crippen MR) is 88.1 cm³/mol. The molecule has 0 saturated carbocycles. The number of hydrogen-bond donors (Lipinski definition) is 0. The molecule has 0 atom stereocenters. The third-order valence-corrected chi connectivity index (χ3v) is 3.35. The summed E-state index contributed by atoms with van der Waals surface area (Å²) in [6, 6.07) is 13.0. The van der Waals surface area contributed by atoms with Crippen molar-refractivity contribution in [1.29, 1.82) is 0 Å². The second kappa shape index (κ2) is 8.56. The van der Waals surface area contributed by atoms with Crippen molar-refractivity contribution in [1.82, 2.24) is 0 Å². The molecule has 0 heterocycles. The van der Waals surface area contributed by atoms with E-state index in [1.54, 1.807) is 36.4 Å². The molecule has 2 aromatic carbocycles. The highest BCUT2D eigenvalue weighted by Gasteiger charge is 2.09. The smallest absolute Gasteiger partial charge is 0.338 e. The van der Waals surface area contributed by atoms with E-state index in [4.69, 9.17) is 32.7 Å². The van der Waals surface area contributed by atoms with Crippen LogP contribution in [0.5, 0.6) is 0 Å². The Bertz CT molecular complexity index is 641. The molecular formula is C17H14Cl2O4. The van der Waals surface area contributed by atoms with Gasteiger partial charge in [0.2, 0.25) is 0 Å². The third-order valence-electron chi connectivity index (χ3n) is 2.88. The van der Waals surface area contributed by atoms with Gasteiger partial charge in [-0.15, -0.1) is 0 Å². The molecule has 0 aliphatic heterocycles. The first kappa shape index (κ1) is 17.3. The van der Waals surface area contributed by atoms with Crippen LogP contribution in [0.25, 0.3) is 0 Å². The van der Waals surface area contributed by atoms with E-state index in [-0.39, 0.29) is 13.2 Å².